The minimum absolute atomic E-state index is 0.0979. The number of nitrogens with two attached hydrogens (primary N) is 1. The van der Waals surface area contributed by atoms with Crippen molar-refractivity contribution < 1.29 is 8.42 Å². The fourth-order valence-electron chi connectivity index (χ4n) is 1.50. The summed E-state index contributed by atoms with van der Waals surface area (Å²) in [7, 11) is -3.77. The van der Waals surface area contributed by atoms with Crippen LogP contribution in [0.25, 0.3) is 0 Å². The van der Waals surface area contributed by atoms with Crippen LogP contribution in [0.4, 0.5) is 11.4 Å². The van der Waals surface area contributed by atoms with E-state index in [1.165, 1.54) is 24.3 Å². The SMILES string of the molecule is Cc1cc(S(=O)(=O)Nc2ccc(N)cc2C#N)sc1Cl. The molecule has 20 heavy (non-hydrogen) atoms. The topological polar surface area (TPSA) is 96.0 Å². The van der Waals surface area contributed by atoms with E-state index in [-0.39, 0.29) is 15.5 Å². The van der Waals surface area contributed by atoms with Crippen molar-refractivity contribution in [1.82, 2.24) is 0 Å². The number of hydrogen-bond acceptors (Lipinski definition) is 5. The molecule has 0 amide bonds. The molecule has 1 heterocycles. The Balaban J connectivity index is 2.41. The molecule has 3 N–H and O–H groups in total. The second-order valence-electron chi connectivity index (χ2n) is 4.04. The van der Waals surface area contributed by atoms with Crippen molar-refractivity contribution in [3.63, 3.8) is 0 Å². The number of thiophene rings is 1. The van der Waals surface area contributed by atoms with Gasteiger partial charge in [0.25, 0.3) is 10.0 Å². The molecule has 0 bridgehead atoms. The number of nitrogens with one attached hydrogen (secondary N) is 1. The van der Waals surface area contributed by atoms with Crippen molar-refractivity contribution in [2.75, 3.05) is 10.5 Å². The zero-order chi connectivity index (χ0) is 14.9. The molecule has 0 aliphatic heterocycles. The summed E-state index contributed by atoms with van der Waals surface area (Å²) in [5.74, 6) is 0. The van der Waals surface area contributed by atoms with E-state index in [4.69, 9.17) is 22.6 Å². The molecular weight excluding hydrogens is 318 g/mol. The lowest BCUT2D eigenvalue weighted by Crippen LogP contribution is -2.12. The molecule has 0 spiro atoms. The Labute approximate surface area is 125 Å². The van der Waals surface area contributed by atoms with Gasteiger partial charge in [-0.05, 0) is 36.8 Å². The molecule has 0 aliphatic rings. The maximum atomic E-state index is 12.2. The van der Waals surface area contributed by atoms with Crippen LogP contribution in [0.3, 0.4) is 0 Å². The summed E-state index contributed by atoms with van der Waals surface area (Å²) in [4.78, 5) is 0. The lowest BCUT2D eigenvalue weighted by molar-refractivity contribution is 0.603. The van der Waals surface area contributed by atoms with Gasteiger partial charge in [-0.1, -0.05) is 11.6 Å². The number of nitriles is 1. The van der Waals surface area contributed by atoms with Gasteiger partial charge in [0.2, 0.25) is 0 Å². The highest BCUT2D eigenvalue weighted by Crippen LogP contribution is 2.31. The largest absolute Gasteiger partial charge is 0.399 e. The van der Waals surface area contributed by atoms with Gasteiger partial charge in [-0.15, -0.1) is 11.3 Å². The summed E-state index contributed by atoms with van der Waals surface area (Å²) in [5.41, 5.74) is 6.98. The summed E-state index contributed by atoms with van der Waals surface area (Å²) >= 11 is 6.84. The third-order valence-corrected chi connectivity index (χ3v) is 5.90. The number of benzene rings is 1. The Hall–Kier alpha value is -1.75. The Morgan fingerprint density at radius 2 is 2.10 bits per heavy atom. The first-order valence-electron chi connectivity index (χ1n) is 5.42. The molecule has 1 aromatic carbocycles. The predicted molar refractivity (Wildman–Crippen MR) is 80.4 cm³/mol. The minimum atomic E-state index is -3.77. The molecule has 104 valence electrons. The highest BCUT2D eigenvalue weighted by atomic mass is 35.5. The quantitative estimate of drug-likeness (QED) is 0.847. The van der Waals surface area contributed by atoms with Crippen molar-refractivity contribution in [2.24, 2.45) is 0 Å². The van der Waals surface area contributed by atoms with Crippen LogP contribution in [0.5, 0.6) is 0 Å². The van der Waals surface area contributed by atoms with E-state index >= 15 is 0 Å². The summed E-state index contributed by atoms with van der Waals surface area (Å²) in [6, 6.07) is 7.76. The Bertz CT molecular complexity index is 787. The van der Waals surface area contributed by atoms with E-state index in [9.17, 15) is 8.42 Å². The van der Waals surface area contributed by atoms with Crippen molar-refractivity contribution in [3.8, 4) is 6.07 Å². The molecule has 8 heteroatoms. The molecule has 0 aliphatic carbocycles. The lowest BCUT2D eigenvalue weighted by atomic mass is 10.2. The van der Waals surface area contributed by atoms with Crippen LogP contribution in [0.2, 0.25) is 4.34 Å². The smallest absolute Gasteiger partial charge is 0.271 e. The molecule has 1 aromatic heterocycles. The minimum Gasteiger partial charge on any atom is -0.399 e. The molecule has 0 saturated heterocycles. The first-order valence-corrected chi connectivity index (χ1v) is 8.09. The predicted octanol–water partition coefficient (Wildman–Crippen LogP) is 2.96. The maximum Gasteiger partial charge on any atom is 0.271 e. The molecule has 0 unspecified atom stereocenters. The van der Waals surface area contributed by atoms with Crippen LogP contribution in [0.15, 0.2) is 28.5 Å². The molecule has 0 atom stereocenters. The number of nitrogen functional groups attached to an aromatic ring is 1. The van der Waals surface area contributed by atoms with Gasteiger partial charge in [0, 0.05) is 5.69 Å². The molecule has 5 nitrogen and oxygen atoms in total. The van der Waals surface area contributed by atoms with Crippen molar-refractivity contribution in [2.45, 2.75) is 11.1 Å². The van der Waals surface area contributed by atoms with Crippen LogP contribution in [-0.2, 0) is 10.0 Å². The van der Waals surface area contributed by atoms with Gasteiger partial charge in [-0.25, -0.2) is 8.42 Å². The number of hydrogen-bond donors (Lipinski definition) is 2. The number of sulfonamides is 1. The van der Waals surface area contributed by atoms with Gasteiger partial charge in [0.1, 0.15) is 10.3 Å². The van der Waals surface area contributed by atoms with Gasteiger partial charge >= 0.3 is 0 Å². The normalized spacial score (nSPS) is 11.1. The van der Waals surface area contributed by atoms with Gasteiger partial charge in [-0.2, -0.15) is 5.26 Å². The Morgan fingerprint density at radius 1 is 1.40 bits per heavy atom. The fourth-order valence-corrected chi connectivity index (χ4v) is 4.29. The first-order chi connectivity index (χ1) is 9.33. The second-order valence-corrected chi connectivity index (χ2v) is 7.61. The van der Waals surface area contributed by atoms with E-state index in [0.717, 1.165) is 11.3 Å². The van der Waals surface area contributed by atoms with E-state index < -0.39 is 10.0 Å². The highest BCUT2D eigenvalue weighted by Gasteiger charge is 2.20. The third kappa shape index (κ3) is 2.88. The van der Waals surface area contributed by atoms with Crippen LogP contribution in [0.1, 0.15) is 11.1 Å². The second kappa shape index (κ2) is 5.32. The van der Waals surface area contributed by atoms with Gasteiger partial charge in [-0.3, -0.25) is 4.72 Å². The Kier molecular flexibility index (Phi) is 3.90. The maximum absolute atomic E-state index is 12.2. The van der Waals surface area contributed by atoms with Gasteiger partial charge < -0.3 is 5.73 Å². The summed E-state index contributed by atoms with van der Waals surface area (Å²) in [6.07, 6.45) is 0. The van der Waals surface area contributed by atoms with E-state index in [0.29, 0.717) is 15.6 Å². The fraction of sp³-hybridized carbons (Fsp3) is 0.0833. The van der Waals surface area contributed by atoms with Crippen LogP contribution >= 0.6 is 22.9 Å². The number of halogens is 1. The van der Waals surface area contributed by atoms with Crippen LogP contribution in [-0.4, -0.2) is 8.42 Å². The number of anilines is 2. The summed E-state index contributed by atoms with van der Waals surface area (Å²) in [5, 5.41) is 9.00. The van der Waals surface area contributed by atoms with E-state index in [1.807, 2.05) is 6.07 Å². The molecule has 0 radical (unpaired) electrons. The number of nitrogens with zero attached hydrogens (tertiary/aromatic N) is 1. The van der Waals surface area contributed by atoms with Crippen LogP contribution < -0.4 is 10.5 Å². The number of aryl methyl sites for hydroxylation is 1. The van der Waals surface area contributed by atoms with Crippen molar-refractivity contribution >= 4 is 44.3 Å². The molecule has 2 aromatic rings. The van der Waals surface area contributed by atoms with E-state index in [1.54, 1.807) is 6.92 Å². The first kappa shape index (κ1) is 14.7. The van der Waals surface area contributed by atoms with Gasteiger partial charge in [0.05, 0.1) is 15.6 Å². The average Bonchev–Trinajstić information content (AvgIpc) is 2.72. The highest BCUT2D eigenvalue weighted by molar-refractivity contribution is 7.94. The summed E-state index contributed by atoms with van der Waals surface area (Å²) < 4.78 is 27.3. The molecule has 2 rings (SSSR count). The summed E-state index contributed by atoms with van der Waals surface area (Å²) in [6.45, 7) is 1.72. The monoisotopic (exact) mass is 327 g/mol. The van der Waals surface area contributed by atoms with Crippen molar-refractivity contribution in [1.29, 1.82) is 5.26 Å². The standard InChI is InChI=1S/C12H10ClN3O2S2/c1-7-4-11(19-12(7)13)20(17,18)16-10-3-2-9(15)5-8(10)6-14/h2-5,16H,15H2,1H3. The molecule has 0 saturated carbocycles. The van der Waals surface area contributed by atoms with Crippen LogP contribution in [0, 0.1) is 18.3 Å². The zero-order valence-corrected chi connectivity index (χ0v) is 12.7. The zero-order valence-electron chi connectivity index (χ0n) is 10.3. The van der Waals surface area contributed by atoms with Gasteiger partial charge in [0.15, 0.2) is 0 Å². The third-order valence-electron chi connectivity index (χ3n) is 2.51. The lowest BCUT2D eigenvalue weighted by Gasteiger charge is -2.08. The molecular formula is C12H10ClN3O2S2. The Morgan fingerprint density at radius 3 is 2.65 bits per heavy atom. The van der Waals surface area contributed by atoms with E-state index in [2.05, 4.69) is 4.72 Å². The van der Waals surface area contributed by atoms with Crippen molar-refractivity contribution in [3.05, 3.63) is 39.7 Å². The number of rotatable bonds is 3. The molecule has 0 fully saturated rings. The average molecular weight is 328 g/mol.